The standard InChI is InChI=1S/C4H4N2.3C4H9.Sn/c1-2-4-6-5-3-1;3*1-3-4-2;/h1-4H;3*1,3-4H2,2H3;. The maximum atomic E-state index is 3.53. The molecule has 1 aromatic rings. The minimum atomic E-state index is -0.839. The first-order valence-electron chi connectivity index (χ1n) is 7.90. The van der Waals surface area contributed by atoms with Gasteiger partial charge in [-0.2, -0.15) is 10.2 Å². The number of rotatable bonds is 9. The predicted octanol–water partition coefficient (Wildman–Crippen LogP) is 5.36. The van der Waals surface area contributed by atoms with Crippen molar-refractivity contribution in [1.29, 1.82) is 0 Å². The summed E-state index contributed by atoms with van der Waals surface area (Å²) < 4.78 is 5.04. The Balaban J connectivity index is 0.000000443. The van der Waals surface area contributed by atoms with E-state index in [-0.39, 0.29) is 0 Å². The number of unbranched alkanes of at least 4 members (excludes halogenated alkanes) is 3. The predicted molar refractivity (Wildman–Crippen MR) is 86.9 cm³/mol. The van der Waals surface area contributed by atoms with Gasteiger partial charge in [-0.25, -0.2) is 0 Å². The Morgan fingerprint density at radius 1 is 0.684 bits per heavy atom. The van der Waals surface area contributed by atoms with Crippen LogP contribution in [0.2, 0.25) is 13.3 Å². The summed E-state index contributed by atoms with van der Waals surface area (Å²) in [7, 11) is 0. The zero-order chi connectivity index (χ0) is 14.2. The van der Waals surface area contributed by atoms with Crippen molar-refractivity contribution in [2.45, 2.75) is 72.6 Å². The van der Waals surface area contributed by atoms with E-state index in [2.05, 4.69) is 31.0 Å². The molecular weight excluding hydrogens is 339 g/mol. The van der Waals surface area contributed by atoms with Crippen molar-refractivity contribution in [3.63, 3.8) is 0 Å². The van der Waals surface area contributed by atoms with Crippen LogP contribution < -0.4 is 0 Å². The van der Waals surface area contributed by atoms with E-state index in [1.807, 2.05) is 12.1 Å². The van der Waals surface area contributed by atoms with Crippen LogP contribution in [0, 0.1) is 0 Å². The molecule has 0 saturated heterocycles. The smallest absolute Gasteiger partial charge is 0.0496 e. The molecule has 0 saturated carbocycles. The molecule has 3 heteroatoms. The van der Waals surface area contributed by atoms with Crippen molar-refractivity contribution < 1.29 is 0 Å². The molecule has 0 bridgehead atoms. The quantitative estimate of drug-likeness (QED) is 0.547. The Hall–Kier alpha value is -0.121. The third kappa shape index (κ3) is 14.1. The van der Waals surface area contributed by atoms with E-state index in [1.165, 1.54) is 38.5 Å². The third-order valence-electron chi connectivity index (χ3n) is 3.13. The molecule has 0 fully saturated rings. The zero-order valence-electron chi connectivity index (χ0n) is 13.1. The molecule has 0 amide bonds. The van der Waals surface area contributed by atoms with Crippen LogP contribution in [0.15, 0.2) is 24.5 Å². The summed E-state index contributed by atoms with van der Waals surface area (Å²) >= 11 is -0.839. The fraction of sp³-hybridized carbons (Fsp3) is 0.750. The molecule has 0 atom stereocenters. The van der Waals surface area contributed by atoms with Crippen LogP contribution in [-0.4, -0.2) is 30.0 Å². The maximum Gasteiger partial charge on any atom is 0.0496 e. The van der Waals surface area contributed by atoms with Gasteiger partial charge in [-0.05, 0) is 12.1 Å². The fourth-order valence-electron chi connectivity index (χ4n) is 1.91. The minimum Gasteiger partial charge on any atom is -0.159 e. The van der Waals surface area contributed by atoms with E-state index in [0.29, 0.717) is 0 Å². The van der Waals surface area contributed by atoms with E-state index in [0.717, 1.165) is 0 Å². The fourth-order valence-corrected chi connectivity index (χ4v) is 11.4. The summed E-state index contributed by atoms with van der Waals surface area (Å²) in [5, 5.41) is 7.07. The average molecular weight is 370 g/mol. The summed E-state index contributed by atoms with van der Waals surface area (Å²) in [6, 6.07) is 3.65. The largest absolute Gasteiger partial charge is 0.159 e. The molecule has 0 spiro atoms. The van der Waals surface area contributed by atoms with Gasteiger partial charge in [0.1, 0.15) is 0 Å². The monoisotopic (exact) mass is 371 g/mol. The van der Waals surface area contributed by atoms with E-state index in [1.54, 1.807) is 25.7 Å². The molecule has 109 valence electrons. The van der Waals surface area contributed by atoms with Gasteiger partial charge in [0.05, 0.1) is 0 Å². The Bertz CT molecular complexity index is 208. The van der Waals surface area contributed by atoms with Crippen molar-refractivity contribution >= 4 is 19.8 Å². The van der Waals surface area contributed by atoms with Crippen molar-refractivity contribution in [1.82, 2.24) is 10.2 Å². The molecule has 1 rings (SSSR count). The van der Waals surface area contributed by atoms with Gasteiger partial charge in [0.15, 0.2) is 0 Å². The molecule has 0 aliphatic rings. The van der Waals surface area contributed by atoms with Crippen molar-refractivity contribution in [2.75, 3.05) is 0 Å². The second kappa shape index (κ2) is 15.9. The summed E-state index contributed by atoms with van der Waals surface area (Å²) in [5.74, 6) is 0. The normalized spacial score (nSPS) is 10.1. The van der Waals surface area contributed by atoms with Gasteiger partial charge in [-0.3, -0.25) is 0 Å². The van der Waals surface area contributed by atoms with Gasteiger partial charge in [0.2, 0.25) is 0 Å². The molecule has 0 aliphatic heterocycles. The van der Waals surface area contributed by atoms with Crippen molar-refractivity contribution in [3.8, 4) is 0 Å². The van der Waals surface area contributed by atoms with Gasteiger partial charge in [0, 0.05) is 12.4 Å². The van der Waals surface area contributed by atoms with Crippen LogP contribution in [-0.2, 0) is 0 Å². The number of aromatic nitrogens is 2. The molecule has 0 unspecified atom stereocenters. The van der Waals surface area contributed by atoms with Crippen molar-refractivity contribution in [3.05, 3.63) is 24.5 Å². The first-order chi connectivity index (χ1) is 9.35. The molecule has 1 radical (unpaired) electrons. The van der Waals surface area contributed by atoms with Gasteiger partial charge in [-0.15, -0.1) is 0 Å². The molecule has 0 aliphatic carbocycles. The first-order valence-corrected chi connectivity index (χ1v) is 14.0. The number of hydrogen-bond donors (Lipinski definition) is 0. The number of nitrogens with zero attached hydrogens (tertiary/aromatic N) is 2. The van der Waals surface area contributed by atoms with E-state index >= 15 is 0 Å². The Morgan fingerprint density at radius 2 is 1.05 bits per heavy atom. The Labute approximate surface area is 127 Å². The summed E-state index contributed by atoms with van der Waals surface area (Å²) in [6.07, 6.45) is 12.1. The van der Waals surface area contributed by atoms with Crippen LogP contribution in [0.25, 0.3) is 0 Å². The molecule has 2 nitrogen and oxygen atoms in total. The molecular formula is C16H31N2Sn. The van der Waals surface area contributed by atoms with E-state index in [9.17, 15) is 0 Å². The van der Waals surface area contributed by atoms with Crippen molar-refractivity contribution in [2.24, 2.45) is 0 Å². The van der Waals surface area contributed by atoms with Crippen LogP contribution in [0.1, 0.15) is 59.3 Å². The summed E-state index contributed by atoms with van der Waals surface area (Å²) in [5.41, 5.74) is 0. The minimum absolute atomic E-state index is 0.839. The molecule has 1 heterocycles. The molecule has 1 aromatic heterocycles. The number of hydrogen-bond acceptors (Lipinski definition) is 2. The van der Waals surface area contributed by atoms with E-state index < -0.39 is 19.8 Å². The SMILES string of the molecule is CCC[CH2][Sn]([CH2]CCC)[CH2]CCC.c1ccnnc1. The maximum absolute atomic E-state index is 3.53. The van der Waals surface area contributed by atoms with Gasteiger partial charge < -0.3 is 0 Å². The summed E-state index contributed by atoms with van der Waals surface area (Å²) in [6.45, 7) is 7.00. The third-order valence-corrected chi connectivity index (χ3v) is 12.2. The second-order valence-corrected chi connectivity index (χ2v) is 13.5. The molecule has 0 aromatic carbocycles. The molecule has 0 N–H and O–H groups in total. The van der Waals surface area contributed by atoms with Crippen LogP contribution in [0.4, 0.5) is 0 Å². The first kappa shape index (κ1) is 18.9. The summed E-state index contributed by atoms with van der Waals surface area (Å²) in [4.78, 5) is 0. The van der Waals surface area contributed by atoms with Gasteiger partial charge >= 0.3 is 92.4 Å². The Kier molecular flexibility index (Phi) is 15.8. The molecule has 19 heavy (non-hydrogen) atoms. The second-order valence-electron chi connectivity index (χ2n) is 4.97. The van der Waals surface area contributed by atoms with Gasteiger partial charge in [-0.1, -0.05) is 0 Å². The Morgan fingerprint density at radius 3 is 1.26 bits per heavy atom. The van der Waals surface area contributed by atoms with Crippen LogP contribution in [0.3, 0.4) is 0 Å². The van der Waals surface area contributed by atoms with E-state index in [4.69, 9.17) is 0 Å². The zero-order valence-corrected chi connectivity index (χ0v) is 15.9. The van der Waals surface area contributed by atoms with Gasteiger partial charge in [0.25, 0.3) is 0 Å². The topological polar surface area (TPSA) is 25.8 Å². The van der Waals surface area contributed by atoms with Crippen LogP contribution in [0.5, 0.6) is 0 Å². The average Bonchev–Trinajstić information content (AvgIpc) is 2.49. The van der Waals surface area contributed by atoms with Crippen LogP contribution >= 0.6 is 0 Å².